The summed E-state index contributed by atoms with van der Waals surface area (Å²) in [5.41, 5.74) is 3.17. The van der Waals surface area contributed by atoms with Crippen LogP contribution < -0.4 is 5.32 Å². The first-order chi connectivity index (χ1) is 9.56. The van der Waals surface area contributed by atoms with Crippen molar-refractivity contribution in [3.63, 3.8) is 0 Å². The molecule has 1 aromatic heterocycles. The number of nitrogens with one attached hydrogen (secondary N) is 1. The molecule has 3 rings (SSSR count). The SMILES string of the molecule is CC(C)(CNC1CCc2cc(Br)ccc21)c1cccs1. The molecule has 1 heterocycles. The maximum atomic E-state index is 3.78. The summed E-state index contributed by atoms with van der Waals surface area (Å²) in [4.78, 5) is 1.46. The zero-order valence-corrected chi connectivity index (χ0v) is 14.4. The molecular formula is C17H20BrNS. The van der Waals surface area contributed by atoms with Gasteiger partial charge in [-0.1, -0.05) is 41.9 Å². The van der Waals surface area contributed by atoms with Gasteiger partial charge in [-0.2, -0.15) is 0 Å². The van der Waals surface area contributed by atoms with Gasteiger partial charge in [0.15, 0.2) is 0 Å². The lowest BCUT2D eigenvalue weighted by Gasteiger charge is -2.26. The molecule has 0 spiro atoms. The predicted octanol–water partition coefficient (Wildman–Crippen LogP) is 5.07. The van der Waals surface area contributed by atoms with Crippen LogP contribution in [0.25, 0.3) is 0 Å². The second-order valence-electron chi connectivity index (χ2n) is 6.18. The van der Waals surface area contributed by atoms with Gasteiger partial charge in [-0.15, -0.1) is 11.3 Å². The van der Waals surface area contributed by atoms with E-state index in [0.717, 1.165) is 6.54 Å². The highest BCUT2D eigenvalue weighted by Gasteiger charge is 2.26. The van der Waals surface area contributed by atoms with Crippen LogP contribution in [0.15, 0.2) is 40.2 Å². The fourth-order valence-corrected chi connectivity index (χ4v) is 4.19. The van der Waals surface area contributed by atoms with E-state index in [1.165, 1.54) is 33.3 Å². The average molecular weight is 350 g/mol. The van der Waals surface area contributed by atoms with Crippen molar-refractivity contribution in [2.24, 2.45) is 0 Å². The number of rotatable bonds is 4. The fraction of sp³-hybridized carbons (Fsp3) is 0.412. The lowest BCUT2D eigenvalue weighted by atomic mass is 9.91. The Morgan fingerprint density at radius 3 is 2.95 bits per heavy atom. The summed E-state index contributed by atoms with van der Waals surface area (Å²) in [7, 11) is 0. The van der Waals surface area contributed by atoms with Crippen LogP contribution in [-0.4, -0.2) is 6.54 Å². The molecule has 1 atom stereocenters. The molecule has 3 heteroatoms. The molecule has 1 aliphatic carbocycles. The average Bonchev–Trinajstić information content (AvgIpc) is 3.06. The van der Waals surface area contributed by atoms with E-state index < -0.39 is 0 Å². The third-order valence-electron chi connectivity index (χ3n) is 4.16. The first-order valence-corrected chi connectivity index (χ1v) is 8.79. The minimum absolute atomic E-state index is 0.201. The van der Waals surface area contributed by atoms with Crippen molar-refractivity contribution in [2.45, 2.75) is 38.1 Å². The van der Waals surface area contributed by atoms with E-state index in [1.54, 1.807) is 0 Å². The molecule has 20 heavy (non-hydrogen) atoms. The normalized spacial score (nSPS) is 18.2. The molecule has 2 aromatic rings. The molecule has 1 unspecified atom stereocenters. The molecule has 0 fully saturated rings. The van der Waals surface area contributed by atoms with Gasteiger partial charge in [-0.05, 0) is 47.5 Å². The first-order valence-electron chi connectivity index (χ1n) is 7.12. The molecule has 0 saturated carbocycles. The number of aryl methyl sites for hydroxylation is 1. The minimum atomic E-state index is 0.201. The number of hydrogen-bond acceptors (Lipinski definition) is 2. The largest absolute Gasteiger partial charge is 0.309 e. The fourth-order valence-electron chi connectivity index (χ4n) is 2.93. The number of halogens is 1. The highest BCUT2D eigenvalue weighted by atomic mass is 79.9. The summed E-state index contributed by atoms with van der Waals surface area (Å²) in [5, 5.41) is 5.94. The third-order valence-corrected chi connectivity index (χ3v) is 5.89. The van der Waals surface area contributed by atoms with Crippen LogP contribution in [0.1, 0.15) is 42.3 Å². The highest BCUT2D eigenvalue weighted by Crippen LogP contribution is 2.34. The molecule has 0 bridgehead atoms. The minimum Gasteiger partial charge on any atom is -0.309 e. The molecule has 0 amide bonds. The standard InChI is InChI=1S/C17H20BrNS/c1-17(2,16-4-3-9-20-16)11-19-15-8-5-12-10-13(18)6-7-14(12)15/h3-4,6-7,9-10,15,19H,5,8,11H2,1-2H3. The molecule has 1 aromatic carbocycles. The Morgan fingerprint density at radius 1 is 1.35 bits per heavy atom. The molecule has 0 saturated heterocycles. The highest BCUT2D eigenvalue weighted by molar-refractivity contribution is 9.10. The van der Waals surface area contributed by atoms with Crippen molar-refractivity contribution in [3.05, 3.63) is 56.2 Å². The Labute approximate surface area is 133 Å². The van der Waals surface area contributed by atoms with Gasteiger partial charge in [-0.25, -0.2) is 0 Å². The van der Waals surface area contributed by atoms with Crippen LogP contribution >= 0.6 is 27.3 Å². The smallest absolute Gasteiger partial charge is 0.0326 e. The van der Waals surface area contributed by atoms with E-state index in [0.29, 0.717) is 6.04 Å². The van der Waals surface area contributed by atoms with Gasteiger partial charge in [0.05, 0.1) is 0 Å². The zero-order valence-electron chi connectivity index (χ0n) is 11.9. The van der Waals surface area contributed by atoms with Gasteiger partial charge < -0.3 is 5.32 Å². The van der Waals surface area contributed by atoms with E-state index in [4.69, 9.17) is 0 Å². The predicted molar refractivity (Wildman–Crippen MR) is 90.6 cm³/mol. The Hall–Kier alpha value is -0.640. The summed E-state index contributed by atoms with van der Waals surface area (Å²) < 4.78 is 1.19. The number of benzene rings is 1. The quantitative estimate of drug-likeness (QED) is 0.812. The van der Waals surface area contributed by atoms with Gasteiger partial charge in [0.2, 0.25) is 0 Å². The van der Waals surface area contributed by atoms with Gasteiger partial charge in [0.25, 0.3) is 0 Å². The van der Waals surface area contributed by atoms with Crippen molar-refractivity contribution >= 4 is 27.3 Å². The van der Waals surface area contributed by atoms with Gasteiger partial charge in [-0.3, -0.25) is 0 Å². The Morgan fingerprint density at radius 2 is 2.20 bits per heavy atom. The monoisotopic (exact) mass is 349 g/mol. The molecule has 0 aliphatic heterocycles. The molecule has 106 valence electrons. The van der Waals surface area contributed by atoms with Gasteiger partial charge >= 0.3 is 0 Å². The van der Waals surface area contributed by atoms with Crippen LogP contribution in [0.2, 0.25) is 0 Å². The van der Waals surface area contributed by atoms with E-state index in [-0.39, 0.29) is 5.41 Å². The lowest BCUT2D eigenvalue weighted by molar-refractivity contribution is 0.426. The topological polar surface area (TPSA) is 12.0 Å². The van der Waals surface area contributed by atoms with E-state index in [9.17, 15) is 0 Å². The van der Waals surface area contributed by atoms with Crippen molar-refractivity contribution in [3.8, 4) is 0 Å². The molecule has 1 N–H and O–H groups in total. The molecule has 1 aliphatic rings. The molecule has 1 nitrogen and oxygen atoms in total. The van der Waals surface area contributed by atoms with Crippen molar-refractivity contribution in [2.75, 3.05) is 6.54 Å². The lowest BCUT2D eigenvalue weighted by Crippen LogP contribution is -2.34. The first kappa shape index (κ1) is 14.3. The third kappa shape index (κ3) is 2.85. The maximum Gasteiger partial charge on any atom is 0.0326 e. The number of hydrogen-bond donors (Lipinski definition) is 1. The Kier molecular flexibility index (Phi) is 4.02. The molecule has 0 radical (unpaired) electrons. The van der Waals surface area contributed by atoms with Crippen LogP contribution in [0.4, 0.5) is 0 Å². The van der Waals surface area contributed by atoms with Crippen molar-refractivity contribution in [1.29, 1.82) is 0 Å². The van der Waals surface area contributed by atoms with Crippen LogP contribution in [0, 0.1) is 0 Å². The Bertz CT molecular complexity index is 589. The van der Waals surface area contributed by atoms with Crippen molar-refractivity contribution in [1.82, 2.24) is 5.32 Å². The number of fused-ring (bicyclic) bond motifs is 1. The second-order valence-corrected chi connectivity index (χ2v) is 8.04. The van der Waals surface area contributed by atoms with Crippen LogP contribution in [0.3, 0.4) is 0 Å². The van der Waals surface area contributed by atoms with Crippen LogP contribution in [0.5, 0.6) is 0 Å². The van der Waals surface area contributed by atoms with E-state index in [1.807, 2.05) is 11.3 Å². The summed E-state index contributed by atoms with van der Waals surface area (Å²) in [6.07, 6.45) is 2.40. The van der Waals surface area contributed by atoms with Crippen LogP contribution in [-0.2, 0) is 11.8 Å². The maximum absolute atomic E-state index is 3.78. The summed E-state index contributed by atoms with van der Waals surface area (Å²) in [6, 6.07) is 11.6. The zero-order chi connectivity index (χ0) is 14.2. The van der Waals surface area contributed by atoms with Gasteiger partial charge in [0.1, 0.15) is 0 Å². The van der Waals surface area contributed by atoms with E-state index >= 15 is 0 Å². The van der Waals surface area contributed by atoms with Gasteiger partial charge in [0, 0.05) is 27.4 Å². The molecular weight excluding hydrogens is 330 g/mol. The van der Waals surface area contributed by atoms with Crippen molar-refractivity contribution < 1.29 is 0 Å². The second kappa shape index (κ2) is 5.63. The summed E-state index contributed by atoms with van der Waals surface area (Å²) in [5.74, 6) is 0. The van der Waals surface area contributed by atoms with E-state index in [2.05, 4.69) is 70.8 Å². The summed E-state index contributed by atoms with van der Waals surface area (Å²) >= 11 is 5.42. The Balaban J connectivity index is 1.69. The number of thiophene rings is 1. The summed E-state index contributed by atoms with van der Waals surface area (Å²) in [6.45, 7) is 5.67.